The summed E-state index contributed by atoms with van der Waals surface area (Å²) in [5.74, 6) is -3.41. The molecule has 19 heteroatoms. The molecule has 2 aliphatic carbocycles. The van der Waals surface area contributed by atoms with Gasteiger partial charge in [-0.15, -0.1) is 0 Å². The van der Waals surface area contributed by atoms with Gasteiger partial charge in [0, 0.05) is 38.0 Å². The van der Waals surface area contributed by atoms with Crippen LogP contribution in [-0.2, 0) is 47.6 Å². The van der Waals surface area contributed by atoms with E-state index in [-0.39, 0.29) is 55.7 Å². The van der Waals surface area contributed by atoms with Crippen LogP contribution in [0.25, 0.3) is 0 Å². The van der Waals surface area contributed by atoms with Crippen molar-refractivity contribution in [2.24, 2.45) is 23.2 Å². The standard InChI is InChI=1S/C44H77N3O16/c1-9-26-20-27(38(54)45-16-17-46-42(57)44(7,8)15-18-58-43(4,5)6)21-28(36(26)63-41-35(53)34(52)32(50)23(2)59-41)61-40-31(47-24(3)49)37(33(51)30(22-48)62-40)60-29(39(55)56)19-25-13-11-10-12-14-25/h23,25-37,40-41,48,50-53H,9-22H2,1-8H3,(H,45,54)(H,46,57)(H,47,49)(H,55,56). The molecule has 15 unspecified atom stereocenters. The molecule has 2 saturated carbocycles. The zero-order valence-corrected chi connectivity index (χ0v) is 38.4. The summed E-state index contributed by atoms with van der Waals surface area (Å²) in [7, 11) is 0. The average molecular weight is 904 g/mol. The maximum absolute atomic E-state index is 13.9. The van der Waals surface area contributed by atoms with E-state index in [1.807, 2.05) is 41.5 Å². The molecule has 0 aromatic rings. The van der Waals surface area contributed by atoms with Crippen LogP contribution in [0.5, 0.6) is 0 Å². The molecule has 4 fully saturated rings. The number of aliphatic hydroxyl groups is 5. The molecule has 0 aromatic heterocycles. The van der Waals surface area contributed by atoms with Gasteiger partial charge in [0.05, 0.1) is 30.5 Å². The fraction of sp³-hybridized carbons (Fsp3) is 0.909. The van der Waals surface area contributed by atoms with E-state index in [1.54, 1.807) is 0 Å². The van der Waals surface area contributed by atoms with E-state index in [0.29, 0.717) is 19.4 Å². The van der Waals surface area contributed by atoms with Gasteiger partial charge in [-0.25, -0.2) is 4.79 Å². The van der Waals surface area contributed by atoms with E-state index in [1.165, 1.54) is 13.8 Å². The Balaban J connectivity index is 1.58. The average Bonchev–Trinajstić information content (AvgIpc) is 3.22. The predicted octanol–water partition coefficient (Wildman–Crippen LogP) is 0.876. The van der Waals surface area contributed by atoms with Crippen molar-refractivity contribution in [1.29, 1.82) is 0 Å². The molecular weight excluding hydrogens is 826 g/mol. The van der Waals surface area contributed by atoms with Crippen LogP contribution in [0, 0.1) is 23.2 Å². The van der Waals surface area contributed by atoms with Crippen LogP contribution in [0.4, 0.5) is 0 Å². The molecule has 19 nitrogen and oxygen atoms in total. The molecule has 0 spiro atoms. The Kier molecular flexibility index (Phi) is 20.0. The fourth-order valence-corrected chi connectivity index (χ4v) is 9.05. The van der Waals surface area contributed by atoms with Crippen LogP contribution < -0.4 is 16.0 Å². The molecule has 4 aliphatic rings. The van der Waals surface area contributed by atoms with Crippen molar-refractivity contribution in [2.45, 2.75) is 205 Å². The summed E-state index contributed by atoms with van der Waals surface area (Å²) in [4.78, 5) is 52.3. The van der Waals surface area contributed by atoms with Gasteiger partial charge in [-0.05, 0) is 65.2 Å². The van der Waals surface area contributed by atoms with Crippen LogP contribution in [0.2, 0.25) is 0 Å². The number of carboxylic acids is 1. The molecule has 4 rings (SSSR count). The highest BCUT2D eigenvalue weighted by atomic mass is 16.7. The second-order valence-electron chi connectivity index (χ2n) is 19.5. The van der Waals surface area contributed by atoms with Gasteiger partial charge < -0.3 is 75.0 Å². The minimum atomic E-state index is -1.66. The number of aliphatic carboxylic acids is 1. The molecule has 9 N–H and O–H groups in total. The highest BCUT2D eigenvalue weighted by Crippen LogP contribution is 2.40. The molecule has 2 saturated heterocycles. The first kappa shape index (κ1) is 53.1. The first-order valence-electron chi connectivity index (χ1n) is 22.9. The van der Waals surface area contributed by atoms with E-state index >= 15 is 0 Å². The lowest BCUT2D eigenvalue weighted by Gasteiger charge is -2.49. The maximum Gasteiger partial charge on any atom is 0.332 e. The van der Waals surface area contributed by atoms with Crippen molar-refractivity contribution in [3.8, 4) is 0 Å². The molecule has 2 heterocycles. The molecule has 15 atom stereocenters. The van der Waals surface area contributed by atoms with Gasteiger partial charge >= 0.3 is 5.97 Å². The second-order valence-corrected chi connectivity index (χ2v) is 19.5. The Morgan fingerprint density at radius 3 is 2.10 bits per heavy atom. The predicted molar refractivity (Wildman–Crippen MR) is 226 cm³/mol. The van der Waals surface area contributed by atoms with Crippen molar-refractivity contribution in [2.75, 3.05) is 26.3 Å². The van der Waals surface area contributed by atoms with Crippen LogP contribution >= 0.6 is 0 Å². The minimum absolute atomic E-state index is 0.00628. The molecule has 0 aromatic carbocycles. The molecule has 3 amide bonds. The number of hydrogen-bond acceptors (Lipinski definition) is 15. The Bertz CT molecular complexity index is 1470. The van der Waals surface area contributed by atoms with Gasteiger partial charge in [0.2, 0.25) is 17.7 Å². The van der Waals surface area contributed by atoms with E-state index in [2.05, 4.69) is 16.0 Å². The monoisotopic (exact) mass is 904 g/mol. The first-order chi connectivity index (χ1) is 29.6. The fourth-order valence-electron chi connectivity index (χ4n) is 9.05. The van der Waals surface area contributed by atoms with Crippen molar-refractivity contribution in [1.82, 2.24) is 16.0 Å². The number of amides is 3. The summed E-state index contributed by atoms with van der Waals surface area (Å²) in [5.41, 5.74) is -1.06. The van der Waals surface area contributed by atoms with E-state index in [9.17, 15) is 49.8 Å². The van der Waals surface area contributed by atoms with Gasteiger partial charge in [0.25, 0.3) is 0 Å². The van der Waals surface area contributed by atoms with Crippen molar-refractivity contribution in [3.63, 3.8) is 0 Å². The lowest BCUT2D eigenvalue weighted by Crippen LogP contribution is -2.67. The van der Waals surface area contributed by atoms with Gasteiger partial charge in [-0.2, -0.15) is 0 Å². The largest absolute Gasteiger partial charge is 0.479 e. The lowest BCUT2D eigenvalue weighted by molar-refractivity contribution is -0.338. The number of ether oxygens (including phenoxy) is 6. The number of carbonyl (C=O) groups excluding carboxylic acids is 3. The SMILES string of the molecule is CCC1CC(C(=O)NCCNC(=O)C(C)(C)CCOC(C)(C)C)CC(OC2OC(CO)C(O)C(OC(CC3CCCCC3)C(=O)O)C2NC(C)=O)C1OC1OC(C)C(O)C(O)C1O. The van der Waals surface area contributed by atoms with Gasteiger partial charge in [-0.3, -0.25) is 14.4 Å². The highest BCUT2D eigenvalue weighted by molar-refractivity contribution is 5.82. The summed E-state index contributed by atoms with van der Waals surface area (Å²) in [5, 5.41) is 72.6. The van der Waals surface area contributed by atoms with E-state index < -0.39 is 115 Å². The van der Waals surface area contributed by atoms with Crippen LogP contribution in [0.15, 0.2) is 0 Å². The summed E-state index contributed by atoms with van der Waals surface area (Å²) >= 11 is 0. The van der Waals surface area contributed by atoms with Crippen molar-refractivity contribution in [3.05, 3.63) is 0 Å². The lowest BCUT2D eigenvalue weighted by atomic mass is 9.75. The molecule has 2 aliphatic heterocycles. The Morgan fingerprint density at radius 2 is 1.49 bits per heavy atom. The van der Waals surface area contributed by atoms with E-state index in [4.69, 9.17) is 28.4 Å². The number of carboxylic acid groups (broad SMARTS) is 1. The van der Waals surface area contributed by atoms with Crippen LogP contribution in [0.1, 0.15) is 120 Å². The van der Waals surface area contributed by atoms with Gasteiger partial charge in [-0.1, -0.05) is 59.3 Å². The number of rotatable bonds is 20. The molecule has 0 radical (unpaired) electrons. The summed E-state index contributed by atoms with van der Waals surface area (Å²) in [6, 6.07) is -1.31. The first-order valence-corrected chi connectivity index (χ1v) is 22.9. The summed E-state index contributed by atoms with van der Waals surface area (Å²) in [6.07, 6.45) is -10.2. The van der Waals surface area contributed by atoms with E-state index in [0.717, 1.165) is 32.1 Å². The Morgan fingerprint density at radius 1 is 0.825 bits per heavy atom. The molecule has 63 heavy (non-hydrogen) atoms. The maximum atomic E-state index is 13.9. The third-order valence-corrected chi connectivity index (χ3v) is 12.9. The summed E-state index contributed by atoms with van der Waals surface area (Å²) < 4.78 is 37.0. The van der Waals surface area contributed by atoms with Gasteiger partial charge in [0.15, 0.2) is 18.7 Å². The molecular formula is C44H77N3O16. The summed E-state index contributed by atoms with van der Waals surface area (Å²) in [6.45, 7) is 14.1. The minimum Gasteiger partial charge on any atom is -0.479 e. The van der Waals surface area contributed by atoms with Gasteiger partial charge in [0.1, 0.15) is 42.7 Å². The highest BCUT2D eigenvalue weighted by Gasteiger charge is 2.53. The number of aliphatic hydroxyl groups excluding tert-OH is 5. The third-order valence-electron chi connectivity index (χ3n) is 12.9. The van der Waals surface area contributed by atoms with Crippen molar-refractivity contribution < 1.29 is 78.2 Å². The van der Waals surface area contributed by atoms with Crippen molar-refractivity contribution >= 4 is 23.7 Å². The smallest absolute Gasteiger partial charge is 0.332 e. The topological polar surface area (TPSA) is 281 Å². The zero-order chi connectivity index (χ0) is 46.8. The number of hydrogen-bond donors (Lipinski definition) is 9. The molecule has 0 bridgehead atoms. The third kappa shape index (κ3) is 15.0. The Labute approximate surface area is 371 Å². The quantitative estimate of drug-likeness (QED) is 0.0767. The zero-order valence-electron chi connectivity index (χ0n) is 38.4. The van der Waals surface area contributed by atoms with Crippen LogP contribution in [0.3, 0.4) is 0 Å². The normalized spacial score (nSPS) is 35.1. The number of carbonyl (C=O) groups is 4. The second kappa shape index (κ2) is 23.8. The number of nitrogens with one attached hydrogen (secondary N) is 3. The van der Waals surface area contributed by atoms with Crippen LogP contribution in [-0.4, -0.2) is 166 Å². The molecule has 364 valence electrons. The Hall–Kier alpha value is -2.56.